The van der Waals surface area contributed by atoms with Crippen molar-refractivity contribution >= 4 is 17.7 Å². The van der Waals surface area contributed by atoms with Gasteiger partial charge in [0.1, 0.15) is 0 Å². The number of thioether (sulfide) groups is 1. The van der Waals surface area contributed by atoms with Crippen LogP contribution in [-0.2, 0) is 4.79 Å². The maximum atomic E-state index is 11.7. The van der Waals surface area contributed by atoms with E-state index in [1.807, 2.05) is 16.7 Å². The maximum absolute atomic E-state index is 11.7. The largest absolute Gasteiger partial charge is 0.341 e. The van der Waals surface area contributed by atoms with Crippen LogP contribution in [0, 0.1) is 5.92 Å². The van der Waals surface area contributed by atoms with Crippen molar-refractivity contribution in [3.8, 4) is 0 Å². The fraction of sp³-hybridized carbons (Fsp3) is 0.909. The Morgan fingerprint density at radius 2 is 2.33 bits per heavy atom. The van der Waals surface area contributed by atoms with Gasteiger partial charge in [-0.3, -0.25) is 4.79 Å². The highest BCUT2D eigenvalue weighted by Crippen LogP contribution is 2.44. The highest BCUT2D eigenvalue weighted by atomic mass is 32.2. The van der Waals surface area contributed by atoms with Crippen LogP contribution in [0.3, 0.4) is 0 Å². The van der Waals surface area contributed by atoms with Crippen molar-refractivity contribution in [3.63, 3.8) is 0 Å². The Kier molecular flexibility index (Phi) is 3.26. The van der Waals surface area contributed by atoms with Crippen LogP contribution >= 0.6 is 11.8 Å². The van der Waals surface area contributed by atoms with Crippen LogP contribution in [0.1, 0.15) is 25.7 Å². The number of carbonyl (C=O) groups excluding carboxylic acids is 1. The van der Waals surface area contributed by atoms with Gasteiger partial charge < -0.3 is 10.6 Å². The molecule has 1 unspecified atom stereocenters. The molecule has 2 fully saturated rings. The van der Waals surface area contributed by atoms with Gasteiger partial charge in [-0.2, -0.15) is 11.8 Å². The van der Waals surface area contributed by atoms with Gasteiger partial charge in [0.2, 0.25) is 5.91 Å². The Morgan fingerprint density at radius 3 is 2.73 bits per heavy atom. The Labute approximate surface area is 95.8 Å². The average molecular weight is 228 g/mol. The molecule has 0 aromatic rings. The molecule has 1 amide bonds. The summed E-state index contributed by atoms with van der Waals surface area (Å²) in [5.41, 5.74) is 5.62. The number of rotatable bonds is 4. The van der Waals surface area contributed by atoms with Gasteiger partial charge >= 0.3 is 0 Å². The smallest absolute Gasteiger partial charge is 0.223 e. The maximum Gasteiger partial charge on any atom is 0.223 e. The van der Waals surface area contributed by atoms with E-state index < -0.39 is 0 Å². The Morgan fingerprint density at radius 1 is 1.60 bits per heavy atom. The molecule has 15 heavy (non-hydrogen) atoms. The number of nitrogens with zero attached hydrogens (tertiary/aromatic N) is 1. The second-order valence-corrected chi connectivity index (χ2v) is 6.10. The predicted molar refractivity (Wildman–Crippen MR) is 63.8 cm³/mol. The molecule has 1 saturated carbocycles. The second kappa shape index (κ2) is 4.34. The summed E-state index contributed by atoms with van der Waals surface area (Å²) in [5, 5.41) is 0. The van der Waals surface area contributed by atoms with E-state index in [9.17, 15) is 4.79 Å². The predicted octanol–water partition coefficient (Wildman–Crippen LogP) is 1.08. The van der Waals surface area contributed by atoms with Crippen molar-refractivity contribution in [1.29, 1.82) is 0 Å². The van der Waals surface area contributed by atoms with E-state index in [1.54, 1.807) is 0 Å². The van der Waals surface area contributed by atoms with Crippen molar-refractivity contribution in [2.45, 2.75) is 30.4 Å². The van der Waals surface area contributed by atoms with Crippen LogP contribution in [0.2, 0.25) is 0 Å². The lowest BCUT2D eigenvalue weighted by molar-refractivity contribution is -0.128. The molecule has 4 heteroatoms. The molecule has 0 radical (unpaired) electrons. The van der Waals surface area contributed by atoms with Crippen molar-refractivity contribution in [1.82, 2.24) is 4.90 Å². The van der Waals surface area contributed by atoms with E-state index in [0.717, 1.165) is 13.1 Å². The molecule has 1 aliphatic carbocycles. The average Bonchev–Trinajstić information content (AvgIpc) is 2.53. The first-order valence-corrected chi connectivity index (χ1v) is 6.94. The number of carbonyl (C=O) groups is 1. The first kappa shape index (κ1) is 11.3. The van der Waals surface area contributed by atoms with Crippen LogP contribution in [-0.4, -0.2) is 41.4 Å². The zero-order valence-electron chi connectivity index (χ0n) is 9.37. The summed E-state index contributed by atoms with van der Waals surface area (Å²) in [5.74, 6) is 0.710. The minimum Gasteiger partial charge on any atom is -0.341 e. The fourth-order valence-corrected chi connectivity index (χ4v) is 3.49. The number of nitrogens with two attached hydrogens (primary N) is 1. The van der Waals surface area contributed by atoms with E-state index in [-0.39, 0.29) is 0 Å². The Balaban J connectivity index is 1.91. The molecule has 0 aromatic carbocycles. The first-order valence-electron chi connectivity index (χ1n) is 5.72. The van der Waals surface area contributed by atoms with Crippen molar-refractivity contribution in [2.75, 3.05) is 25.9 Å². The van der Waals surface area contributed by atoms with Crippen molar-refractivity contribution < 1.29 is 4.79 Å². The summed E-state index contributed by atoms with van der Waals surface area (Å²) in [6.07, 6.45) is 6.70. The molecule has 1 saturated heterocycles. The van der Waals surface area contributed by atoms with Gasteiger partial charge in [0.15, 0.2) is 0 Å². The van der Waals surface area contributed by atoms with Gasteiger partial charge in [-0.25, -0.2) is 0 Å². The van der Waals surface area contributed by atoms with E-state index in [2.05, 4.69) is 6.26 Å². The van der Waals surface area contributed by atoms with Gasteiger partial charge in [-0.05, 0) is 31.6 Å². The minimum atomic E-state index is 0.311. The minimum absolute atomic E-state index is 0.311. The molecular weight excluding hydrogens is 208 g/mol. The Bertz CT molecular complexity index is 247. The topological polar surface area (TPSA) is 46.3 Å². The van der Waals surface area contributed by atoms with E-state index in [1.165, 1.54) is 19.3 Å². The van der Waals surface area contributed by atoms with Gasteiger partial charge in [0.05, 0.1) is 0 Å². The standard InChI is InChI=1S/C11H20N2OS/c1-15-11(3-2-4-11)8-13-7-9(6-12)5-10(13)14/h9H,2-8,12H2,1H3. The third-order valence-corrected chi connectivity index (χ3v) is 5.21. The summed E-state index contributed by atoms with van der Waals surface area (Å²) in [4.78, 5) is 13.8. The number of hydrogen-bond acceptors (Lipinski definition) is 3. The van der Waals surface area contributed by atoms with Crippen molar-refractivity contribution in [3.05, 3.63) is 0 Å². The molecule has 2 N–H and O–H groups in total. The first-order chi connectivity index (χ1) is 7.19. The summed E-state index contributed by atoms with van der Waals surface area (Å²) in [6, 6.07) is 0. The fourth-order valence-electron chi connectivity index (χ4n) is 2.51. The Hall–Kier alpha value is -0.220. The lowest BCUT2D eigenvalue weighted by Gasteiger charge is -2.43. The van der Waals surface area contributed by atoms with Crippen LogP contribution in [0.15, 0.2) is 0 Å². The summed E-state index contributed by atoms with van der Waals surface area (Å²) >= 11 is 1.93. The molecule has 1 atom stereocenters. The lowest BCUT2D eigenvalue weighted by atomic mass is 9.84. The normalized spacial score (nSPS) is 29.3. The molecule has 3 nitrogen and oxygen atoms in total. The molecule has 0 bridgehead atoms. The van der Waals surface area contributed by atoms with Crippen LogP contribution in [0.25, 0.3) is 0 Å². The molecule has 0 aromatic heterocycles. The number of amides is 1. The van der Waals surface area contributed by atoms with E-state index >= 15 is 0 Å². The van der Waals surface area contributed by atoms with Crippen LogP contribution < -0.4 is 5.73 Å². The quantitative estimate of drug-likeness (QED) is 0.783. The molecule has 2 aliphatic rings. The van der Waals surface area contributed by atoms with Gasteiger partial charge in [0, 0.05) is 24.3 Å². The molecular formula is C11H20N2OS. The highest BCUT2D eigenvalue weighted by Gasteiger charge is 2.41. The lowest BCUT2D eigenvalue weighted by Crippen LogP contribution is -2.46. The van der Waals surface area contributed by atoms with Gasteiger partial charge in [-0.15, -0.1) is 0 Å². The highest BCUT2D eigenvalue weighted by molar-refractivity contribution is 8.00. The van der Waals surface area contributed by atoms with Crippen LogP contribution in [0.5, 0.6) is 0 Å². The molecule has 2 rings (SSSR count). The molecule has 0 spiro atoms. The zero-order valence-corrected chi connectivity index (χ0v) is 10.2. The zero-order chi connectivity index (χ0) is 10.9. The van der Waals surface area contributed by atoms with E-state index in [4.69, 9.17) is 5.73 Å². The number of likely N-dealkylation sites (tertiary alicyclic amines) is 1. The van der Waals surface area contributed by atoms with Crippen molar-refractivity contribution in [2.24, 2.45) is 11.7 Å². The third-order valence-electron chi connectivity index (χ3n) is 3.80. The summed E-state index contributed by atoms with van der Waals surface area (Å²) < 4.78 is 0.374. The van der Waals surface area contributed by atoms with Crippen LogP contribution in [0.4, 0.5) is 0 Å². The molecule has 1 heterocycles. The molecule has 1 aliphatic heterocycles. The SMILES string of the molecule is CSC1(CN2CC(CN)CC2=O)CCC1. The summed E-state index contributed by atoms with van der Waals surface area (Å²) in [7, 11) is 0. The third kappa shape index (κ3) is 2.16. The summed E-state index contributed by atoms with van der Waals surface area (Å²) in [6.45, 7) is 2.48. The van der Waals surface area contributed by atoms with Gasteiger partial charge in [0.25, 0.3) is 0 Å². The van der Waals surface area contributed by atoms with E-state index in [0.29, 0.717) is 29.5 Å². The van der Waals surface area contributed by atoms with Gasteiger partial charge in [-0.1, -0.05) is 6.42 Å². The monoisotopic (exact) mass is 228 g/mol. The number of hydrogen-bond donors (Lipinski definition) is 1. The molecule has 86 valence electrons. The second-order valence-electron chi connectivity index (χ2n) is 4.82.